The van der Waals surface area contributed by atoms with Gasteiger partial charge in [-0.25, -0.2) is 0 Å². The number of carbonyl (C=O) groups is 2. The molecular weight excluding hydrogens is 186 g/mol. The van der Waals surface area contributed by atoms with Crippen molar-refractivity contribution in [2.75, 3.05) is 6.61 Å². The Balaban J connectivity index is 3.60. The molecule has 0 radical (unpaired) electrons. The first-order valence-electron chi connectivity index (χ1n) is 4.57. The number of aliphatic carboxylic acids is 1. The fraction of sp³-hybridized carbons (Fsp3) is 0.778. The minimum atomic E-state index is -1.04. The van der Waals surface area contributed by atoms with E-state index in [0.717, 1.165) is 0 Å². The molecule has 0 spiro atoms. The van der Waals surface area contributed by atoms with Crippen LogP contribution in [0.15, 0.2) is 0 Å². The number of hydrogen-bond donors (Lipinski definition) is 2. The Bertz CT molecular complexity index is 203. The first-order chi connectivity index (χ1) is 6.43. The summed E-state index contributed by atoms with van der Waals surface area (Å²) in [6, 6.07) is -0.846. The topological polar surface area (TPSA) is 75.6 Å². The van der Waals surface area contributed by atoms with Crippen LogP contribution in [0.3, 0.4) is 0 Å². The summed E-state index contributed by atoms with van der Waals surface area (Å²) < 4.78 is 5.15. The molecule has 0 saturated heterocycles. The predicted octanol–water partition coefficient (Wildman–Crippen LogP) is 0.391. The van der Waals surface area contributed by atoms with Crippen molar-refractivity contribution in [2.24, 2.45) is 0 Å². The molecule has 1 atom stereocenters. The van der Waals surface area contributed by atoms with Gasteiger partial charge < -0.3 is 15.2 Å². The first-order valence-corrected chi connectivity index (χ1v) is 4.57. The molecule has 0 aliphatic carbocycles. The van der Waals surface area contributed by atoms with Crippen molar-refractivity contribution >= 4 is 11.9 Å². The van der Waals surface area contributed by atoms with Crippen molar-refractivity contribution < 1.29 is 19.4 Å². The Hall–Kier alpha value is -1.10. The lowest BCUT2D eigenvalue weighted by atomic mass is 10.3. The van der Waals surface area contributed by atoms with Crippen LogP contribution in [0.1, 0.15) is 27.2 Å². The van der Waals surface area contributed by atoms with E-state index in [2.05, 4.69) is 5.32 Å². The molecule has 2 N–H and O–H groups in total. The maximum absolute atomic E-state index is 11.1. The molecule has 0 aromatic carbocycles. The molecule has 5 heteroatoms. The quantitative estimate of drug-likeness (QED) is 0.654. The minimum Gasteiger partial charge on any atom is -0.480 e. The summed E-state index contributed by atoms with van der Waals surface area (Å²) in [6.07, 6.45) is 0.273. The van der Waals surface area contributed by atoms with E-state index in [1.165, 1.54) is 6.92 Å². The van der Waals surface area contributed by atoms with E-state index in [9.17, 15) is 9.59 Å². The van der Waals surface area contributed by atoms with Gasteiger partial charge in [0.25, 0.3) is 0 Å². The van der Waals surface area contributed by atoms with E-state index in [-0.39, 0.29) is 18.4 Å². The van der Waals surface area contributed by atoms with Gasteiger partial charge in [-0.05, 0) is 20.8 Å². The van der Waals surface area contributed by atoms with E-state index >= 15 is 0 Å². The van der Waals surface area contributed by atoms with Crippen molar-refractivity contribution in [1.82, 2.24) is 5.32 Å². The van der Waals surface area contributed by atoms with Crippen molar-refractivity contribution in [3.05, 3.63) is 0 Å². The van der Waals surface area contributed by atoms with E-state index in [0.29, 0.717) is 6.61 Å². The monoisotopic (exact) mass is 203 g/mol. The third-order valence-electron chi connectivity index (χ3n) is 1.53. The summed E-state index contributed by atoms with van der Waals surface area (Å²) >= 11 is 0. The van der Waals surface area contributed by atoms with Crippen LogP contribution < -0.4 is 5.32 Å². The number of carbonyl (C=O) groups excluding carboxylic acids is 1. The maximum Gasteiger partial charge on any atom is 0.325 e. The SMILES string of the molecule is CC(C)OCCC(=O)NC(C)C(=O)O. The molecule has 0 aliphatic heterocycles. The van der Waals surface area contributed by atoms with E-state index < -0.39 is 12.0 Å². The normalized spacial score (nSPS) is 12.6. The van der Waals surface area contributed by atoms with Crippen LogP contribution in [-0.4, -0.2) is 35.7 Å². The third kappa shape index (κ3) is 6.42. The van der Waals surface area contributed by atoms with Gasteiger partial charge in [-0.15, -0.1) is 0 Å². The Morgan fingerprint density at radius 1 is 1.36 bits per heavy atom. The van der Waals surface area contributed by atoms with Crippen LogP contribution in [0.5, 0.6) is 0 Å². The zero-order chi connectivity index (χ0) is 11.1. The zero-order valence-electron chi connectivity index (χ0n) is 8.74. The second-order valence-electron chi connectivity index (χ2n) is 3.30. The van der Waals surface area contributed by atoms with Gasteiger partial charge >= 0.3 is 5.97 Å². The summed E-state index contributed by atoms with van der Waals surface area (Å²) in [4.78, 5) is 21.5. The second-order valence-corrected chi connectivity index (χ2v) is 3.30. The van der Waals surface area contributed by atoms with E-state index in [1.807, 2.05) is 13.8 Å². The molecule has 0 aromatic rings. The summed E-state index contributed by atoms with van der Waals surface area (Å²) in [5.41, 5.74) is 0. The molecule has 5 nitrogen and oxygen atoms in total. The molecule has 14 heavy (non-hydrogen) atoms. The molecule has 0 fully saturated rings. The van der Waals surface area contributed by atoms with Crippen molar-refractivity contribution in [3.8, 4) is 0 Å². The van der Waals surface area contributed by atoms with Crippen molar-refractivity contribution in [1.29, 1.82) is 0 Å². The highest BCUT2D eigenvalue weighted by Gasteiger charge is 2.13. The molecule has 0 saturated carbocycles. The summed E-state index contributed by atoms with van der Waals surface area (Å²) in [5.74, 6) is -1.34. The number of amides is 1. The van der Waals surface area contributed by atoms with Crippen LogP contribution in [-0.2, 0) is 14.3 Å². The van der Waals surface area contributed by atoms with Gasteiger partial charge in [0.1, 0.15) is 6.04 Å². The van der Waals surface area contributed by atoms with Crippen LogP contribution in [0, 0.1) is 0 Å². The number of ether oxygens (including phenoxy) is 1. The smallest absolute Gasteiger partial charge is 0.325 e. The average molecular weight is 203 g/mol. The Labute approximate surface area is 83.4 Å². The van der Waals surface area contributed by atoms with Crippen LogP contribution >= 0.6 is 0 Å². The molecule has 1 amide bonds. The fourth-order valence-electron chi connectivity index (χ4n) is 0.763. The fourth-order valence-corrected chi connectivity index (χ4v) is 0.763. The highest BCUT2D eigenvalue weighted by molar-refractivity contribution is 5.83. The first kappa shape index (κ1) is 12.9. The Morgan fingerprint density at radius 3 is 2.36 bits per heavy atom. The molecule has 0 rings (SSSR count). The highest BCUT2D eigenvalue weighted by atomic mass is 16.5. The van der Waals surface area contributed by atoms with Crippen molar-refractivity contribution in [2.45, 2.75) is 39.3 Å². The van der Waals surface area contributed by atoms with Crippen LogP contribution in [0.2, 0.25) is 0 Å². The minimum absolute atomic E-state index is 0.0831. The highest BCUT2D eigenvalue weighted by Crippen LogP contribution is 1.91. The molecule has 0 bridgehead atoms. The largest absolute Gasteiger partial charge is 0.480 e. The maximum atomic E-state index is 11.1. The third-order valence-corrected chi connectivity index (χ3v) is 1.53. The van der Waals surface area contributed by atoms with Gasteiger partial charge in [-0.2, -0.15) is 0 Å². The number of hydrogen-bond acceptors (Lipinski definition) is 3. The number of rotatable bonds is 6. The summed E-state index contributed by atoms with van der Waals surface area (Å²) in [5, 5.41) is 10.8. The average Bonchev–Trinajstić information content (AvgIpc) is 2.02. The number of carboxylic acid groups (broad SMARTS) is 1. The molecule has 0 aromatic heterocycles. The lowest BCUT2D eigenvalue weighted by molar-refractivity contribution is -0.141. The Kier molecular flexibility index (Phi) is 5.87. The summed E-state index contributed by atoms with van der Waals surface area (Å²) in [7, 11) is 0. The van der Waals surface area contributed by atoms with Gasteiger partial charge in [0.2, 0.25) is 5.91 Å². The van der Waals surface area contributed by atoms with Gasteiger partial charge in [-0.3, -0.25) is 9.59 Å². The standard InChI is InChI=1S/C9H17NO4/c1-6(2)14-5-4-8(11)10-7(3)9(12)13/h6-7H,4-5H2,1-3H3,(H,10,11)(H,12,13). The van der Waals surface area contributed by atoms with Crippen molar-refractivity contribution in [3.63, 3.8) is 0 Å². The van der Waals surface area contributed by atoms with Crippen LogP contribution in [0.25, 0.3) is 0 Å². The second kappa shape index (κ2) is 6.37. The van der Waals surface area contributed by atoms with E-state index in [1.54, 1.807) is 0 Å². The van der Waals surface area contributed by atoms with E-state index in [4.69, 9.17) is 9.84 Å². The molecule has 0 heterocycles. The van der Waals surface area contributed by atoms with Gasteiger partial charge in [-0.1, -0.05) is 0 Å². The Morgan fingerprint density at radius 2 is 1.93 bits per heavy atom. The number of nitrogens with one attached hydrogen (secondary N) is 1. The van der Waals surface area contributed by atoms with Gasteiger partial charge in [0.15, 0.2) is 0 Å². The predicted molar refractivity (Wildman–Crippen MR) is 50.9 cm³/mol. The zero-order valence-corrected chi connectivity index (χ0v) is 8.74. The summed E-state index contributed by atoms with van der Waals surface area (Å²) in [6.45, 7) is 5.48. The molecule has 82 valence electrons. The molecule has 1 unspecified atom stereocenters. The molecular formula is C9H17NO4. The lowest BCUT2D eigenvalue weighted by Crippen LogP contribution is -2.38. The van der Waals surface area contributed by atoms with Crippen LogP contribution in [0.4, 0.5) is 0 Å². The molecule has 0 aliphatic rings. The van der Waals surface area contributed by atoms with Gasteiger partial charge in [0, 0.05) is 6.42 Å². The lowest BCUT2D eigenvalue weighted by Gasteiger charge is -2.10. The number of carboxylic acids is 1. The van der Waals surface area contributed by atoms with Gasteiger partial charge in [0.05, 0.1) is 12.7 Å².